The number of rotatable bonds is 5. The van der Waals surface area contributed by atoms with Gasteiger partial charge in [0.15, 0.2) is 0 Å². The van der Waals surface area contributed by atoms with Gasteiger partial charge in [0.1, 0.15) is 5.82 Å². The quantitative estimate of drug-likeness (QED) is 0.876. The highest BCUT2D eigenvalue weighted by atomic mass is 16.1. The molecule has 0 aliphatic heterocycles. The first-order valence-electron chi connectivity index (χ1n) is 6.78. The van der Waals surface area contributed by atoms with Crippen LogP contribution in [0.1, 0.15) is 31.2 Å². The van der Waals surface area contributed by atoms with Crippen LogP contribution in [0.2, 0.25) is 0 Å². The molecule has 1 unspecified atom stereocenters. The Bertz CT molecular complexity index is 552. The summed E-state index contributed by atoms with van der Waals surface area (Å²) in [5.41, 5.74) is 7.24. The smallest absolute Gasteiger partial charge is 0.231 e. The van der Waals surface area contributed by atoms with Crippen LogP contribution in [0, 0.1) is 0 Å². The number of amides is 1. The molecule has 20 heavy (non-hydrogen) atoms. The second-order valence-corrected chi connectivity index (χ2v) is 4.71. The average molecular weight is 269 g/mol. The molecule has 4 nitrogen and oxygen atoms in total. The zero-order chi connectivity index (χ0) is 14.4. The molecule has 2 rings (SSSR count). The molecule has 0 aliphatic rings. The Hall–Kier alpha value is -2.36. The fraction of sp³-hybridized carbons (Fsp3) is 0.250. The van der Waals surface area contributed by atoms with Crippen molar-refractivity contribution in [3.8, 4) is 0 Å². The predicted molar refractivity (Wildman–Crippen MR) is 81.4 cm³/mol. The summed E-state index contributed by atoms with van der Waals surface area (Å²) in [7, 11) is 0. The van der Waals surface area contributed by atoms with Crippen LogP contribution in [0.4, 0.5) is 11.5 Å². The lowest BCUT2D eigenvalue weighted by Gasteiger charge is -2.16. The van der Waals surface area contributed by atoms with Gasteiger partial charge in [-0.1, -0.05) is 43.7 Å². The molecule has 1 aromatic heterocycles. The van der Waals surface area contributed by atoms with Gasteiger partial charge in [-0.05, 0) is 24.1 Å². The fourth-order valence-electron chi connectivity index (χ4n) is 2.13. The van der Waals surface area contributed by atoms with Gasteiger partial charge in [-0.15, -0.1) is 0 Å². The van der Waals surface area contributed by atoms with Crippen molar-refractivity contribution in [1.82, 2.24) is 4.98 Å². The third-order valence-electron chi connectivity index (χ3n) is 3.15. The van der Waals surface area contributed by atoms with Crippen molar-refractivity contribution < 1.29 is 4.79 Å². The van der Waals surface area contributed by atoms with Crippen LogP contribution in [0.25, 0.3) is 0 Å². The van der Waals surface area contributed by atoms with E-state index in [0.29, 0.717) is 11.5 Å². The van der Waals surface area contributed by atoms with Gasteiger partial charge in [0.25, 0.3) is 0 Å². The van der Waals surface area contributed by atoms with Crippen molar-refractivity contribution >= 4 is 17.4 Å². The predicted octanol–water partition coefficient (Wildman–Crippen LogP) is 3.19. The number of pyridine rings is 1. The lowest BCUT2D eigenvalue weighted by Crippen LogP contribution is -2.21. The van der Waals surface area contributed by atoms with Crippen LogP contribution >= 0.6 is 0 Å². The molecule has 1 amide bonds. The molecular weight excluding hydrogens is 250 g/mol. The zero-order valence-corrected chi connectivity index (χ0v) is 11.5. The van der Waals surface area contributed by atoms with Gasteiger partial charge in [-0.2, -0.15) is 0 Å². The van der Waals surface area contributed by atoms with Crippen LogP contribution in [0.3, 0.4) is 0 Å². The molecule has 0 bridgehead atoms. The van der Waals surface area contributed by atoms with Crippen molar-refractivity contribution in [2.24, 2.45) is 0 Å². The van der Waals surface area contributed by atoms with Crippen LogP contribution < -0.4 is 11.1 Å². The second kappa shape index (κ2) is 6.70. The van der Waals surface area contributed by atoms with Crippen molar-refractivity contribution in [3.63, 3.8) is 0 Å². The first-order chi connectivity index (χ1) is 9.70. The van der Waals surface area contributed by atoms with E-state index in [1.165, 1.54) is 0 Å². The standard InChI is InChI=1S/C16H19N3O/c1-2-6-14(12-7-4-3-5-8-12)16(20)19-13-9-10-15(17)18-11-13/h3-5,7-11,14H,2,6H2,1H3,(H2,17,18)(H,19,20). The number of nitrogen functional groups attached to an aromatic ring is 1. The van der Waals surface area contributed by atoms with E-state index in [4.69, 9.17) is 5.73 Å². The first kappa shape index (κ1) is 14.1. The molecule has 0 saturated carbocycles. The Kier molecular flexibility index (Phi) is 4.71. The van der Waals surface area contributed by atoms with E-state index >= 15 is 0 Å². The summed E-state index contributed by atoms with van der Waals surface area (Å²) >= 11 is 0. The third-order valence-corrected chi connectivity index (χ3v) is 3.15. The summed E-state index contributed by atoms with van der Waals surface area (Å²) in [6.07, 6.45) is 3.34. The number of nitrogens with one attached hydrogen (secondary N) is 1. The summed E-state index contributed by atoms with van der Waals surface area (Å²) in [5, 5.41) is 2.90. The molecule has 3 N–H and O–H groups in total. The van der Waals surface area contributed by atoms with Gasteiger partial charge in [-0.3, -0.25) is 4.79 Å². The molecule has 0 fully saturated rings. The normalized spacial score (nSPS) is 11.8. The van der Waals surface area contributed by atoms with Crippen molar-refractivity contribution in [2.45, 2.75) is 25.7 Å². The van der Waals surface area contributed by atoms with E-state index in [1.807, 2.05) is 30.3 Å². The third kappa shape index (κ3) is 3.57. The maximum absolute atomic E-state index is 12.4. The highest BCUT2D eigenvalue weighted by Crippen LogP contribution is 2.23. The molecule has 4 heteroatoms. The number of benzene rings is 1. The van der Waals surface area contributed by atoms with Gasteiger partial charge in [0.2, 0.25) is 5.91 Å². The number of hydrogen-bond acceptors (Lipinski definition) is 3. The van der Waals surface area contributed by atoms with Gasteiger partial charge in [0.05, 0.1) is 17.8 Å². The summed E-state index contributed by atoms with van der Waals surface area (Å²) in [5.74, 6) is 0.291. The van der Waals surface area contributed by atoms with E-state index in [2.05, 4.69) is 17.2 Å². The van der Waals surface area contributed by atoms with Gasteiger partial charge in [0, 0.05) is 0 Å². The molecule has 1 aromatic carbocycles. The average Bonchev–Trinajstić information content (AvgIpc) is 2.48. The molecule has 0 spiro atoms. The number of nitrogens with zero attached hydrogens (tertiary/aromatic N) is 1. The van der Waals surface area contributed by atoms with Gasteiger partial charge in [-0.25, -0.2) is 4.98 Å². The van der Waals surface area contributed by atoms with Gasteiger partial charge >= 0.3 is 0 Å². The minimum absolute atomic E-state index is 0.00961. The number of aromatic nitrogens is 1. The monoisotopic (exact) mass is 269 g/mol. The number of carbonyl (C=O) groups excluding carboxylic acids is 1. The second-order valence-electron chi connectivity index (χ2n) is 4.71. The summed E-state index contributed by atoms with van der Waals surface area (Å²) < 4.78 is 0. The van der Waals surface area contributed by atoms with Crippen LogP contribution in [-0.2, 0) is 4.79 Å². The van der Waals surface area contributed by atoms with E-state index in [1.54, 1.807) is 18.3 Å². The SMILES string of the molecule is CCCC(C(=O)Nc1ccc(N)nc1)c1ccccc1. The minimum atomic E-state index is -0.140. The van der Waals surface area contributed by atoms with E-state index in [9.17, 15) is 4.79 Å². The molecule has 104 valence electrons. The molecule has 2 aromatic rings. The number of anilines is 2. The first-order valence-corrected chi connectivity index (χ1v) is 6.78. The minimum Gasteiger partial charge on any atom is -0.384 e. The summed E-state index contributed by atoms with van der Waals surface area (Å²) in [4.78, 5) is 16.4. The van der Waals surface area contributed by atoms with E-state index < -0.39 is 0 Å². The lowest BCUT2D eigenvalue weighted by molar-refractivity contribution is -0.117. The summed E-state index contributed by atoms with van der Waals surface area (Å²) in [6, 6.07) is 13.3. The van der Waals surface area contributed by atoms with E-state index in [-0.39, 0.29) is 11.8 Å². The molecule has 0 aliphatic carbocycles. The molecular formula is C16H19N3O. The Morgan fingerprint density at radius 1 is 1.25 bits per heavy atom. The number of carbonyl (C=O) groups is 1. The van der Waals surface area contributed by atoms with Crippen molar-refractivity contribution in [3.05, 3.63) is 54.2 Å². The Balaban J connectivity index is 2.13. The van der Waals surface area contributed by atoms with Crippen LogP contribution in [0.5, 0.6) is 0 Å². The van der Waals surface area contributed by atoms with E-state index in [0.717, 1.165) is 18.4 Å². The largest absolute Gasteiger partial charge is 0.384 e. The summed E-state index contributed by atoms with van der Waals surface area (Å²) in [6.45, 7) is 2.08. The lowest BCUT2D eigenvalue weighted by atomic mass is 9.93. The van der Waals surface area contributed by atoms with Crippen molar-refractivity contribution in [2.75, 3.05) is 11.1 Å². The van der Waals surface area contributed by atoms with Crippen LogP contribution in [0.15, 0.2) is 48.7 Å². The Labute approximate surface area is 119 Å². The number of nitrogens with two attached hydrogens (primary N) is 1. The van der Waals surface area contributed by atoms with Crippen molar-refractivity contribution in [1.29, 1.82) is 0 Å². The highest BCUT2D eigenvalue weighted by molar-refractivity contribution is 5.95. The topological polar surface area (TPSA) is 68.0 Å². The molecule has 1 heterocycles. The zero-order valence-electron chi connectivity index (χ0n) is 11.5. The molecule has 1 atom stereocenters. The molecule has 0 radical (unpaired) electrons. The maximum atomic E-state index is 12.4. The maximum Gasteiger partial charge on any atom is 0.231 e. The Morgan fingerprint density at radius 2 is 2.00 bits per heavy atom. The van der Waals surface area contributed by atoms with Gasteiger partial charge < -0.3 is 11.1 Å². The molecule has 0 saturated heterocycles. The highest BCUT2D eigenvalue weighted by Gasteiger charge is 2.19. The number of hydrogen-bond donors (Lipinski definition) is 2. The Morgan fingerprint density at radius 3 is 2.60 bits per heavy atom. The van der Waals surface area contributed by atoms with Crippen LogP contribution in [-0.4, -0.2) is 10.9 Å². The fourth-order valence-corrected chi connectivity index (χ4v) is 2.13.